The van der Waals surface area contributed by atoms with Crippen LogP contribution in [-0.4, -0.2) is 47.9 Å². The van der Waals surface area contributed by atoms with Gasteiger partial charge < -0.3 is 4.90 Å². The standard InChI is InChI=1S/C13H24N2O/c1-11-4-3-5-13(10-11)15-8-6-14(7-9-15)12(2)16/h11,13H,3-10H2,1-2H3/t11-,13+/m1/s1. The summed E-state index contributed by atoms with van der Waals surface area (Å²) < 4.78 is 0. The molecule has 2 rings (SSSR count). The monoisotopic (exact) mass is 224 g/mol. The molecule has 1 heterocycles. The van der Waals surface area contributed by atoms with Crippen molar-refractivity contribution in [1.29, 1.82) is 0 Å². The summed E-state index contributed by atoms with van der Waals surface area (Å²) in [6.45, 7) is 8.07. The number of carbonyl (C=O) groups excluding carboxylic acids is 1. The molecule has 2 aliphatic rings. The molecule has 16 heavy (non-hydrogen) atoms. The molecule has 0 aromatic rings. The molecule has 1 aliphatic heterocycles. The minimum absolute atomic E-state index is 0.233. The van der Waals surface area contributed by atoms with Gasteiger partial charge in [-0.25, -0.2) is 0 Å². The summed E-state index contributed by atoms with van der Waals surface area (Å²) in [6, 6.07) is 0.790. The van der Waals surface area contributed by atoms with Crippen molar-refractivity contribution >= 4 is 5.91 Å². The molecular weight excluding hydrogens is 200 g/mol. The zero-order valence-corrected chi connectivity index (χ0v) is 10.6. The maximum Gasteiger partial charge on any atom is 0.219 e. The Labute approximate surface area is 98.8 Å². The van der Waals surface area contributed by atoms with E-state index in [0.29, 0.717) is 0 Å². The number of amides is 1. The second kappa shape index (κ2) is 5.17. The maximum atomic E-state index is 11.2. The fourth-order valence-electron chi connectivity index (χ4n) is 3.14. The van der Waals surface area contributed by atoms with E-state index in [-0.39, 0.29) is 5.91 Å². The molecule has 92 valence electrons. The van der Waals surface area contributed by atoms with E-state index in [0.717, 1.165) is 38.1 Å². The molecule has 1 aliphatic carbocycles. The highest BCUT2D eigenvalue weighted by Gasteiger charge is 2.27. The third kappa shape index (κ3) is 2.76. The zero-order valence-electron chi connectivity index (χ0n) is 10.6. The quantitative estimate of drug-likeness (QED) is 0.677. The van der Waals surface area contributed by atoms with Crippen LogP contribution in [0.4, 0.5) is 0 Å². The Hall–Kier alpha value is -0.570. The van der Waals surface area contributed by atoms with Gasteiger partial charge in [0.1, 0.15) is 0 Å². The predicted octanol–water partition coefficient (Wildman–Crippen LogP) is 1.73. The summed E-state index contributed by atoms with van der Waals surface area (Å²) in [7, 11) is 0. The summed E-state index contributed by atoms with van der Waals surface area (Å²) in [5, 5.41) is 0. The van der Waals surface area contributed by atoms with Crippen LogP contribution in [0.15, 0.2) is 0 Å². The van der Waals surface area contributed by atoms with Gasteiger partial charge in [0, 0.05) is 39.1 Å². The van der Waals surface area contributed by atoms with E-state index in [9.17, 15) is 4.79 Å². The number of nitrogens with zero attached hydrogens (tertiary/aromatic N) is 2. The van der Waals surface area contributed by atoms with Crippen LogP contribution in [0.1, 0.15) is 39.5 Å². The Kier molecular flexibility index (Phi) is 3.85. The van der Waals surface area contributed by atoms with Crippen molar-refractivity contribution in [3.8, 4) is 0 Å². The van der Waals surface area contributed by atoms with Crippen LogP contribution in [0.2, 0.25) is 0 Å². The first-order valence-corrected chi connectivity index (χ1v) is 6.66. The highest BCUT2D eigenvalue weighted by molar-refractivity contribution is 5.73. The van der Waals surface area contributed by atoms with Crippen LogP contribution in [0.3, 0.4) is 0 Å². The molecule has 2 fully saturated rings. The Morgan fingerprint density at radius 3 is 2.38 bits per heavy atom. The van der Waals surface area contributed by atoms with Crippen molar-refractivity contribution in [2.45, 2.75) is 45.6 Å². The SMILES string of the molecule is CC(=O)N1CCN([C@H]2CCC[C@@H](C)C2)CC1. The van der Waals surface area contributed by atoms with Gasteiger partial charge in [-0.3, -0.25) is 9.69 Å². The molecule has 0 N–H and O–H groups in total. The Balaban J connectivity index is 1.81. The molecule has 0 unspecified atom stereocenters. The van der Waals surface area contributed by atoms with Gasteiger partial charge in [-0.05, 0) is 18.8 Å². The average molecular weight is 224 g/mol. The minimum Gasteiger partial charge on any atom is -0.340 e. The van der Waals surface area contributed by atoms with E-state index in [4.69, 9.17) is 0 Å². The minimum atomic E-state index is 0.233. The number of carbonyl (C=O) groups is 1. The lowest BCUT2D eigenvalue weighted by Crippen LogP contribution is -2.52. The van der Waals surface area contributed by atoms with Gasteiger partial charge in [-0.15, -0.1) is 0 Å². The summed E-state index contributed by atoms with van der Waals surface area (Å²) in [5.74, 6) is 1.13. The molecule has 0 aromatic heterocycles. The Bertz CT molecular complexity index is 246. The molecule has 2 atom stereocenters. The molecule has 1 saturated carbocycles. The van der Waals surface area contributed by atoms with Crippen LogP contribution in [0.25, 0.3) is 0 Å². The maximum absolute atomic E-state index is 11.2. The highest BCUT2D eigenvalue weighted by Crippen LogP contribution is 2.27. The second-order valence-electron chi connectivity index (χ2n) is 5.47. The van der Waals surface area contributed by atoms with Gasteiger partial charge >= 0.3 is 0 Å². The van der Waals surface area contributed by atoms with Gasteiger partial charge in [0.15, 0.2) is 0 Å². The van der Waals surface area contributed by atoms with Crippen LogP contribution >= 0.6 is 0 Å². The largest absolute Gasteiger partial charge is 0.340 e. The van der Waals surface area contributed by atoms with Gasteiger partial charge in [0.05, 0.1) is 0 Å². The van der Waals surface area contributed by atoms with Crippen molar-refractivity contribution in [1.82, 2.24) is 9.80 Å². The van der Waals surface area contributed by atoms with Crippen molar-refractivity contribution in [3.63, 3.8) is 0 Å². The number of piperazine rings is 1. The lowest BCUT2D eigenvalue weighted by molar-refractivity contribution is -0.131. The van der Waals surface area contributed by atoms with Gasteiger partial charge in [-0.1, -0.05) is 19.8 Å². The highest BCUT2D eigenvalue weighted by atomic mass is 16.2. The van der Waals surface area contributed by atoms with Crippen molar-refractivity contribution in [2.24, 2.45) is 5.92 Å². The molecule has 3 heteroatoms. The smallest absolute Gasteiger partial charge is 0.219 e. The molecule has 0 aromatic carbocycles. The molecule has 0 radical (unpaired) electrons. The number of hydrogen-bond donors (Lipinski definition) is 0. The predicted molar refractivity (Wildman–Crippen MR) is 65.2 cm³/mol. The zero-order chi connectivity index (χ0) is 11.5. The molecule has 0 spiro atoms. The van der Waals surface area contributed by atoms with E-state index in [1.165, 1.54) is 25.7 Å². The Morgan fingerprint density at radius 2 is 1.81 bits per heavy atom. The molecule has 1 saturated heterocycles. The third-order valence-electron chi connectivity index (χ3n) is 4.18. The van der Waals surface area contributed by atoms with Crippen LogP contribution in [0.5, 0.6) is 0 Å². The Morgan fingerprint density at radius 1 is 1.12 bits per heavy atom. The van der Waals surface area contributed by atoms with E-state index < -0.39 is 0 Å². The van der Waals surface area contributed by atoms with Crippen LogP contribution in [-0.2, 0) is 4.79 Å². The molecule has 1 amide bonds. The first kappa shape index (κ1) is 11.9. The molecule has 0 bridgehead atoms. The van der Waals surface area contributed by atoms with Crippen molar-refractivity contribution < 1.29 is 4.79 Å². The first-order valence-electron chi connectivity index (χ1n) is 6.66. The third-order valence-corrected chi connectivity index (χ3v) is 4.18. The van der Waals surface area contributed by atoms with Crippen molar-refractivity contribution in [2.75, 3.05) is 26.2 Å². The van der Waals surface area contributed by atoms with E-state index in [2.05, 4.69) is 11.8 Å². The van der Waals surface area contributed by atoms with E-state index >= 15 is 0 Å². The lowest BCUT2D eigenvalue weighted by atomic mass is 9.86. The normalized spacial score (nSPS) is 32.8. The second-order valence-corrected chi connectivity index (χ2v) is 5.47. The van der Waals surface area contributed by atoms with Gasteiger partial charge in [-0.2, -0.15) is 0 Å². The summed E-state index contributed by atoms with van der Waals surface area (Å²) >= 11 is 0. The number of rotatable bonds is 1. The average Bonchev–Trinajstić information content (AvgIpc) is 2.29. The van der Waals surface area contributed by atoms with E-state index in [1.54, 1.807) is 6.92 Å². The van der Waals surface area contributed by atoms with Crippen LogP contribution in [0, 0.1) is 5.92 Å². The van der Waals surface area contributed by atoms with Gasteiger partial charge in [0.2, 0.25) is 5.91 Å². The number of hydrogen-bond acceptors (Lipinski definition) is 2. The lowest BCUT2D eigenvalue weighted by Gasteiger charge is -2.41. The van der Waals surface area contributed by atoms with Gasteiger partial charge in [0.25, 0.3) is 0 Å². The summed E-state index contributed by atoms with van der Waals surface area (Å²) in [5.41, 5.74) is 0. The summed E-state index contributed by atoms with van der Waals surface area (Å²) in [4.78, 5) is 15.8. The fourth-order valence-corrected chi connectivity index (χ4v) is 3.14. The van der Waals surface area contributed by atoms with Crippen LogP contribution < -0.4 is 0 Å². The fraction of sp³-hybridized carbons (Fsp3) is 0.923. The van der Waals surface area contributed by atoms with Crippen molar-refractivity contribution in [3.05, 3.63) is 0 Å². The molecule has 3 nitrogen and oxygen atoms in total. The summed E-state index contributed by atoms with van der Waals surface area (Å²) in [6.07, 6.45) is 5.52. The first-order chi connectivity index (χ1) is 7.66. The van der Waals surface area contributed by atoms with E-state index in [1.807, 2.05) is 4.90 Å². The topological polar surface area (TPSA) is 23.6 Å². The molecular formula is C13H24N2O.